The topological polar surface area (TPSA) is 75.4 Å². The minimum absolute atomic E-state index is 0.163. The number of hydrogen-bond acceptors (Lipinski definition) is 3. The third-order valence-electron chi connectivity index (χ3n) is 3.16. The molecular weight excluding hydrogens is 218 g/mol. The Morgan fingerprint density at radius 3 is 2.53 bits per heavy atom. The molecule has 17 heavy (non-hydrogen) atoms. The normalized spacial score (nSPS) is 17.1. The molecule has 2 amide bonds. The van der Waals surface area contributed by atoms with Crippen LogP contribution >= 0.6 is 0 Å². The Labute approximate surface area is 103 Å². The van der Waals surface area contributed by atoms with Gasteiger partial charge >= 0.3 is 0 Å². The Morgan fingerprint density at radius 2 is 2.00 bits per heavy atom. The van der Waals surface area contributed by atoms with Crippen molar-refractivity contribution in [3.63, 3.8) is 0 Å². The molecule has 1 fully saturated rings. The van der Waals surface area contributed by atoms with Crippen molar-refractivity contribution in [2.45, 2.75) is 32.6 Å². The van der Waals surface area contributed by atoms with E-state index < -0.39 is 0 Å². The first-order valence-electron chi connectivity index (χ1n) is 6.40. The van der Waals surface area contributed by atoms with Gasteiger partial charge in [-0.15, -0.1) is 0 Å². The van der Waals surface area contributed by atoms with Gasteiger partial charge in [-0.25, -0.2) is 0 Å². The summed E-state index contributed by atoms with van der Waals surface area (Å²) >= 11 is 0. The fourth-order valence-electron chi connectivity index (χ4n) is 2.15. The number of carbonyl (C=O) groups is 2. The van der Waals surface area contributed by atoms with Crippen LogP contribution < -0.4 is 11.1 Å². The van der Waals surface area contributed by atoms with Crippen molar-refractivity contribution in [1.82, 2.24) is 10.2 Å². The number of hydrogen-bond donors (Lipinski definition) is 2. The van der Waals surface area contributed by atoms with E-state index in [-0.39, 0.29) is 11.8 Å². The summed E-state index contributed by atoms with van der Waals surface area (Å²) in [6, 6.07) is 0. The number of nitrogens with one attached hydrogen (secondary N) is 1. The molecule has 0 aromatic heterocycles. The largest absolute Gasteiger partial charge is 0.370 e. The van der Waals surface area contributed by atoms with Gasteiger partial charge in [-0.3, -0.25) is 9.59 Å². The second-order valence-electron chi connectivity index (χ2n) is 4.67. The molecule has 0 aromatic rings. The van der Waals surface area contributed by atoms with Crippen LogP contribution in [0, 0.1) is 5.92 Å². The lowest BCUT2D eigenvalue weighted by molar-refractivity contribution is -0.131. The lowest BCUT2D eigenvalue weighted by Gasteiger charge is -2.31. The van der Waals surface area contributed by atoms with E-state index in [2.05, 4.69) is 12.2 Å². The maximum absolute atomic E-state index is 11.8. The maximum Gasteiger partial charge on any atom is 0.236 e. The van der Waals surface area contributed by atoms with Crippen LogP contribution in [0.15, 0.2) is 0 Å². The molecular formula is C12H23N3O2. The molecule has 0 bridgehead atoms. The van der Waals surface area contributed by atoms with Gasteiger partial charge in [-0.05, 0) is 31.7 Å². The summed E-state index contributed by atoms with van der Waals surface area (Å²) in [5.74, 6) is 0.288. The van der Waals surface area contributed by atoms with Gasteiger partial charge in [0.25, 0.3) is 0 Å². The molecule has 0 radical (unpaired) electrons. The van der Waals surface area contributed by atoms with Gasteiger partial charge in [0, 0.05) is 19.5 Å². The first-order chi connectivity index (χ1) is 8.13. The van der Waals surface area contributed by atoms with Crippen LogP contribution in [0.4, 0.5) is 0 Å². The van der Waals surface area contributed by atoms with Crippen molar-refractivity contribution in [1.29, 1.82) is 0 Å². The van der Waals surface area contributed by atoms with E-state index in [4.69, 9.17) is 5.73 Å². The summed E-state index contributed by atoms with van der Waals surface area (Å²) in [5.41, 5.74) is 5.17. The van der Waals surface area contributed by atoms with Gasteiger partial charge in [-0.1, -0.05) is 6.92 Å². The van der Waals surface area contributed by atoms with Crippen LogP contribution in [0.2, 0.25) is 0 Å². The average molecular weight is 241 g/mol. The van der Waals surface area contributed by atoms with E-state index in [9.17, 15) is 9.59 Å². The van der Waals surface area contributed by atoms with Gasteiger partial charge in [0.1, 0.15) is 0 Å². The van der Waals surface area contributed by atoms with Crippen molar-refractivity contribution in [3.8, 4) is 0 Å². The van der Waals surface area contributed by atoms with Crippen molar-refractivity contribution >= 4 is 11.8 Å². The van der Waals surface area contributed by atoms with E-state index in [1.165, 1.54) is 0 Å². The first kappa shape index (κ1) is 14.0. The molecule has 1 aliphatic heterocycles. The number of carbonyl (C=O) groups excluding carboxylic acids is 2. The van der Waals surface area contributed by atoms with E-state index in [1.54, 1.807) is 0 Å². The van der Waals surface area contributed by atoms with Crippen LogP contribution in [0.1, 0.15) is 32.6 Å². The van der Waals surface area contributed by atoms with E-state index in [0.29, 0.717) is 18.9 Å². The smallest absolute Gasteiger partial charge is 0.236 e. The molecule has 0 saturated carbocycles. The Kier molecular flexibility index (Phi) is 5.97. The van der Waals surface area contributed by atoms with Crippen LogP contribution in [-0.4, -0.2) is 42.9 Å². The fraction of sp³-hybridized carbons (Fsp3) is 0.833. The molecule has 0 unspecified atom stereocenters. The molecule has 0 aliphatic carbocycles. The van der Waals surface area contributed by atoms with E-state index >= 15 is 0 Å². The van der Waals surface area contributed by atoms with Crippen molar-refractivity contribution < 1.29 is 9.59 Å². The quantitative estimate of drug-likeness (QED) is 0.648. The molecule has 1 saturated heterocycles. The third kappa shape index (κ3) is 5.17. The van der Waals surface area contributed by atoms with E-state index in [0.717, 1.165) is 38.9 Å². The highest BCUT2D eigenvalue weighted by Gasteiger charge is 2.23. The minimum Gasteiger partial charge on any atom is -0.370 e. The highest BCUT2D eigenvalue weighted by molar-refractivity contribution is 5.78. The Balaban J connectivity index is 2.21. The molecule has 1 heterocycles. The van der Waals surface area contributed by atoms with Gasteiger partial charge in [-0.2, -0.15) is 0 Å². The Bertz CT molecular complexity index is 260. The van der Waals surface area contributed by atoms with E-state index in [1.807, 2.05) is 4.90 Å². The number of nitrogens with zero attached hydrogens (tertiary/aromatic N) is 1. The number of amides is 2. The van der Waals surface area contributed by atoms with Crippen LogP contribution in [0.25, 0.3) is 0 Å². The average Bonchev–Trinajstić information content (AvgIpc) is 2.29. The summed E-state index contributed by atoms with van der Waals surface area (Å²) in [5, 5.41) is 3.11. The van der Waals surface area contributed by atoms with Gasteiger partial charge < -0.3 is 16.0 Å². The zero-order valence-electron chi connectivity index (χ0n) is 10.6. The molecule has 0 atom stereocenters. The molecule has 98 valence electrons. The lowest BCUT2D eigenvalue weighted by Crippen LogP contribution is -2.43. The monoisotopic (exact) mass is 241 g/mol. The lowest BCUT2D eigenvalue weighted by atomic mass is 9.93. The molecule has 1 rings (SSSR count). The Morgan fingerprint density at radius 1 is 1.35 bits per heavy atom. The zero-order valence-corrected chi connectivity index (χ0v) is 10.6. The number of piperidine rings is 1. The SMILES string of the molecule is CCCNCC(=O)N1CCC(CC(N)=O)CC1. The highest BCUT2D eigenvalue weighted by atomic mass is 16.2. The minimum atomic E-state index is -0.237. The molecule has 1 aliphatic rings. The molecule has 0 spiro atoms. The predicted octanol–water partition coefficient (Wildman–Crippen LogP) is 0.100. The molecule has 3 N–H and O–H groups in total. The highest BCUT2D eigenvalue weighted by Crippen LogP contribution is 2.19. The molecule has 5 heteroatoms. The first-order valence-corrected chi connectivity index (χ1v) is 6.40. The van der Waals surface area contributed by atoms with Gasteiger partial charge in [0.05, 0.1) is 6.54 Å². The standard InChI is InChI=1S/C12H23N3O2/c1-2-5-14-9-12(17)15-6-3-10(4-7-15)8-11(13)16/h10,14H,2-9H2,1H3,(H2,13,16). The van der Waals surface area contributed by atoms with Gasteiger partial charge in [0.15, 0.2) is 0 Å². The summed E-state index contributed by atoms with van der Waals surface area (Å²) in [7, 11) is 0. The second kappa shape index (κ2) is 7.27. The number of rotatable bonds is 6. The summed E-state index contributed by atoms with van der Waals surface area (Å²) in [6.07, 6.45) is 3.27. The predicted molar refractivity (Wildman–Crippen MR) is 66.3 cm³/mol. The Hall–Kier alpha value is -1.10. The molecule has 5 nitrogen and oxygen atoms in total. The second-order valence-corrected chi connectivity index (χ2v) is 4.67. The summed E-state index contributed by atoms with van der Waals surface area (Å²) in [6.45, 7) is 4.89. The third-order valence-corrected chi connectivity index (χ3v) is 3.16. The summed E-state index contributed by atoms with van der Waals surface area (Å²) in [4.78, 5) is 24.4. The number of likely N-dealkylation sites (tertiary alicyclic amines) is 1. The van der Waals surface area contributed by atoms with Crippen molar-refractivity contribution in [2.24, 2.45) is 11.7 Å². The summed E-state index contributed by atoms with van der Waals surface area (Å²) < 4.78 is 0. The number of primary amides is 1. The van der Waals surface area contributed by atoms with Gasteiger partial charge in [0.2, 0.25) is 11.8 Å². The van der Waals surface area contributed by atoms with Crippen molar-refractivity contribution in [3.05, 3.63) is 0 Å². The van der Waals surface area contributed by atoms with Crippen LogP contribution in [0.3, 0.4) is 0 Å². The zero-order chi connectivity index (χ0) is 12.7. The number of nitrogens with two attached hydrogens (primary N) is 1. The van der Waals surface area contributed by atoms with Crippen molar-refractivity contribution in [2.75, 3.05) is 26.2 Å². The maximum atomic E-state index is 11.8. The fourth-order valence-corrected chi connectivity index (χ4v) is 2.15. The van der Waals surface area contributed by atoms with Crippen LogP contribution in [0.5, 0.6) is 0 Å². The van der Waals surface area contributed by atoms with Crippen LogP contribution in [-0.2, 0) is 9.59 Å². The molecule has 0 aromatic carbocycles.